The SMILES string of the molecule is C=CSC(=NC)NC(=O)C[C@@]1(C)NCCc2cc(OCCOCCNC(=O)COCC(=O)NC(C(=O)N3CCC(O)C3)C(C)(C)C)c(Oc3ccc(-c4ccc(C(=O)O)cc4)c(F)c3)cc21. The number of nitrogens with one attached hydrogen (secondary N) is 4. The Labute approximate surface area is 387 Å². The Hall–Kier alpha value is -5.86. The molecule has 0 aromatic heterocycles. The monoisotopic (exact) mass is 934 g/mol. The normalized spacial score (nSPS) is 17.6. The van der Waals surface area contributed by atoms with Gasteiger partial charge in [-0.05, 0) is 83.7 Å². The van der Waals surface area contributed by atoms with Crippen LogP contribution < -0.4 is 30.7 Å². The van der Waals surface area contributed by atoms with Crippen molar-refractivity contribution in [3.63, 3.8) is 0 Å². The molecule has 3 aromatic carbocycles. The lowest BCUT2D eigenvalue weighted by Crippen LogP contribution is -2.55. The Morgan fingerprint density at radius 2 is 1.76 bits per heavy atom. The summed E-state index contributed by atoms with van der Waals surface area (Å²) in [4.78, 5) is 68.3. The van der Waals surface area contributed by atoms with Gasteiger partial charge < -0.3 is 55.3 Å². The van der Waals surface area contributed by atoms with Crippen LogP contribution in [0.25, 0.3) is 11.1 Å². The van der Waals surface area contributed by atoms with Crippen LogP contribution in [0, 0.1) is 11.2 Å². The first-order chi connectivity index (χ1) is 31.4. The minimum absolute atomic E-state index is 0.0538. The molecule has 356 valence electrons. The maximum Gasteiger partial charge on any atom is 0.335 e. The van der Waals surface area contributed by atoms with Crippen molar-refractivity contribution >= 4 is 46.5 Å². The number of amides is 4. The van der Waals surface area contributed by atoms with Gasteiger partial charge in [0.05, 0.1) is 24.9 Å². The number of carboxylic acids is 1. The quantitative estimate of drug-likeness (QED) is 0.0527. The Morgan fingerprint density at radius 1 is 1.02 bits per heavy atom. The molecule has 0 spiro atoms. The van der Waals surface area contributed by atoms with Gasteiger partial charge in [-0.25, -0.2) is 9.18 Å². The van der Waals surface area contributed by atoms with Gasteiger partial charge in [0.25, 0.3) is 0 Å². The zero-order valence-electron chi connectivity index (χ0n) is 37.9. The van der Waals surface area contributed by atoms with E-state index in [0.717, 1.165) is 11.1 Å². The number of hydrogen-bond acceptors (Lipinski definition) is 13. The number of aliphatic imine (C=N–C) groups is 1. The highest BCUT2D eigenvalue weighted by atomic mass is 32.2. The van der Waals surface area contributed by atoms with Crippen LogP contribution in [-0.4, -0.2) is 128 Å². The lowest BCUT2D eigenvalue weighted by Gasteiger charge is -2.37. The van der Waals surface area contributed by atoms with Gasteiger partial charge in [0.2, 0.25) is 23.6 Å². The first kappa shape index (κ1) is 51.1. The van der Waals surface area contributed by atoms with E-state index in [2.05, 4.69) is 32.8 Å². The molecule has 66 heavy (non-hydrogen) atoms. The zero-order chi connectivity index (χ0) is 48.0. The number of hydrogen-bond donors (Lipinski definition) is 6. The zero-order valence-corrected chi connectivity index (χ0v) is 38.7. The molecule has 2 aliphatic rings. The van der Waals surface area contributed by atoms with Crippen molar-refractivity contribution in [1.29, 1.82) is 0 Å². The predicted molar refractivity (Wildman–Crippen MR) is 247 cm³/mol. The molecule has 0 radical (unpaired) electrons. The molecule has 1 fully saturated rings. The van der Waals surface area contributed by atoms with Gasteiger partial charge in [-0.2, -0.15) is 0 Å². The molecule has 2 heterocycles. The summed E-state index contributed by atoms with van der Waals surface area (Å²) in [6, 6.07) is 13.0. The fraction of sp³-hybridized carbons (Fsp3) is 0.447. The molecule has 4 amide bonds. The maximum atomic E-state index is 15.6. The number of amidine groups is 1. The van der Waals surface area contributed by atoms with Crippen LogP contribution in [0.15, 0.2) is 71.6 Å². The maximum absolute atomic E-state index is 15.6. The van der Waals surface area contributed by atoms with E-state index < -0.39 is 59.9 Å². The highest BCUT2D eigenvalue weighted by Crippen LogP contribution is 2.42. The fourth-order valence-electron chi connectivity index (χ4n) is 7.49. The van der Waals surface area contributed by atoms with Crippen molar-refractivity contribution in [1.82, 2.24) is 26.2 Å². The third kappa shape index (κ3) is 14.3. The molecule has 6 N–H and O–H groups in total. The molecule has 17 nitrogen and oxygen atoms in total. The largest absolute Gasteiger partial charge is 0.487 e. The molecule has 0 saturated carbocycles. The van der Waals surface area contributed by atoms with Gasteiger partial charge in [-0.15, -0.1) is 0 Å². The van der Waals surface area contributed by atoms with Crippen molar-refractivity contribution in [3.05, 3.63) is 89.1 Å². The van der Waals surface area contributed by atoms with E-state index in [1.165, 1.54) is 53.1 Å². The summed E-state index contributed by atoms with van der Waals surface area (Å²) in [6.45, 7) is 11.9. The summed E-state index contributed by atoms with van der Waals surface area (Å²) in [5, 5.41) is 32.7. The van der Waals surface area contributed by atoms with Crippen LogP contribution in [0.2, 0.25) is 0 Å². The number of carboxylic acid groups (broad SMARTS) is 1. The molecule has 3 atom stereocenters. The number of rotatable bonds is 20. The van der Waals surface area contributed by atoms with Crippen LogP contribution in [0.4, 0.5) is 4.39 Å². The number of fused-ring (bicyclic) bond motifs is 1. The minimum Gasteiger partial charge on any atom is -0.487 e. The smallest absolute Gasteiger partial charge is 0.335 e. The van der Waals surface area contributed by atoms with E-state index in [1.807, 2.05) is 33.8 Å². The van der Waals surface area contributed by atoms with Gasteiger partial charge in [0, 0.05) is 56.8 Å². The van der Waals surface area contributed by atoms with E-state index in [-0.39, 0.29) is 73.8 Å². The number of ether oxygens (including phenoxy) is 4. The molecule has 3 aromatic rings. The molecular formula is C47H59FN6O11S. The van der Waals surface area contributed by atoms with Crippen LogP contribution in [0.5, 0.6) is 17.2 Å². The number of benzene rings is 3. The van der Waals surface area contributed by atoms with Gasteiger partial charge in [0.15, 0.2) is 16.7 Å². The van der Waals surface area contributed by atoms with Crippen molar-refractivity contribution in [2.75, 3.05) is 66.3 Å². The Balaban J connectivity index is 1.17. The standard InChI is InChI=1S/C47H59FN6O11S/c1-7-66-45(49-6)53-39(56)25-47(5)35-24-38(65-33-12-13-34(36(48)23-33)29-8-10-30(11-9-29)44(60)61)37(22-31(35)14-16-51-47)64-21-20-62-19-17-50-40(57)27-63-28-41(58)52-42(46(2,3)4)43(59)54-18-15-32(55)26-54/h7-13,22-24,32,42,51,55H,1,14-21,25-28H2,2-6H3,(H,50,57)(H,52,58)(H,60,61)(H,49,53,56)/t32?,42?,47-/m1/s1. The van der Waals surface area contributed by atoms with Gasteiger partial charge in [-0.3, -0.25) is 24.2 Å². The number of aliphatic hydroxyl groups is 1. The summed E-state index contributed by atoms with van der Waals surface area (Å²) in [5.41, 5.74) is 1.08. The lowest BCUT2D eigenvalue weighted by molar-refractivity contribution is -0.140. The number of aromatic carboxylic acids is 1. The van der Waals surface area contributed by atoms with Crippen molar-refractivity contribution in [2.45, 2.75) is 64.6 Å². The van der Waals surface area contributed by atoms with Gasteiger partial charge >= 0.3 is 5.97 Å². The summed E-state index contributed by atoms with van der Waals surface area (Å²) in [6.07, 6.45) is 0.566. The number of likely N-dealkylation sites (tertiary alicyclic amines) is 1. The number of thioether (sulfide) groups is 1. The Morgan fingerprint density at radius 3 is 2.41 bits per heavy atom. The Kier molecular flexibility index (Phi) is 18.2. The van der Waals surface area contributed by atoms with Crippen molar-refractivity contribution in [2.24, 2.45) is 10.4 Å². The highest BCUT2D eigenvalue weighted by Gasteiger charge is 2.38. The molecule has 5 rings (SSSR count). The van der Waals surface area contributed by atoms with Crippen LogP contribution >= 0.6 is 11.8 Å². The first-order valence-electron chi connectivity index (χ1n) is 21.5. The summed E-state index contributed by atoms with van der Waals surface area (Å²) >= 11 is 1.19. The number of nitrogens with zero attached hydrogens (tertiary/aromatic N) is 2. The van der Waals surface area contributed by atoms with Gasteiger partial charge in [0.1, 0.15) is 37.4 Å². The third-order valence-electron chi connectivity index (χ3n) is 10.9. The molecule has 2 unspecified atom stereocenters. The second-order valence-electron chi connectivity index (χ2n) is 17.0. The topological polar surface area (TPSA) is 226 Å². The summed E-state index contributed by atoms with van der Waals surface area (Å²) in [5.74, 6) is -2.49. The van der Waals surface area contributed by atoms with E-state index in [4.69, 9.17) is 18.9 Å². The van der Waals surface area contributed by atoms with Crippen molar-refractivity contribution in [3.8, 4) is 28.4 Å². The molecule has 19 heteroatoms. The summed E-state index contributed by atoms with van der Waals surface area (Å²) < 4.78 is 39.1. The van der Waals surface area contributed by atoms with E-state index >= 15 is 4.39 Å². The molecular weight excluding hydrogens is 876 g/mol. The predicted octanol–water partition coefficient (Wildman–Crippen LogP) is 4.37. The van der Waals surface area contributed by atoms with Crippen LogP contribution in [-0.2, 0) is 40.6 Å². The molecule has 2 aliphatic heterocycles. The van der Waals surface area contributed by atoms with E-state index in [1.54, 1.807) is 24.6 Å². The molecule has 0 aliphatic carbocycles. The number of aliphatic hydroxyl groups excluding tert-OH is 1. The number of halogens is 1. The van der Waals surface area contributed by atoms with Crippen LogP contribution in [0.1, 0.15) is 62.0 Å². The Bertz CT molecular complexity index is 2270. The summed E-state index contributed by atoms with van der Waals surface area (Å²) in [7, 11) is 1.57. The second-order valence-corrected chi connectivity index (χ2v) is 18.0. The van der Waals surface area contributed by atoms with Crippen molar-refractivity contribution < 1.29 is 57.5 Å². The van der Waals surface area contributed by atoms with E-state index in [9.17, 15) is 34.2 Å². The number of carbonyl (C=O) groups is 5. The lowest BCUT2D eigenvalue weighted by atomic mass is 9.81. The molecule has 0 bridgehead atoms. The van der Waals surface area contributed by atoms with E-state index in [0.29, 0.717) is 42.4 Å². The minimum atomic E-state index is -1.09. The molecule has 1 saturated heterocycles. The van der Waals surface area contributed by atoms with Crippen LogP contribution in [0.3, 0.4) is 0 Å². The fourth-order valence-corrected chi connectivity index (χ4v) is 7.93. The number of β-amino-alcohol motifs (C(OH)–C–C–N with tert-alkyl or cyclic N) is 1. The average molecular weight is 935 g/mol. The average Bonchev–Trinajstić information content (AvgIpc) is 3.71. The second kappa shape index (κ2) is 23.5. The van der Waals surface area contributed by atoms with Gasteiger partial charge in [-0.1, -0.05) is 51.2 Å². The highest BCUT2D eigenvalue weighted by molar-refractivity contribution is 8.16. The first-order valence-corrected chi connectivity index (χ1v) is 22.4. The number of carbonyl (C=O) groups excluding carboxylic acids is 4. The third-order valence-corrected chi connectivity index (χ3v) is 11.5.